The molecular weight excluding hydrogens is 304 g/mol. The van der Waals surface area contributed by atoms with Gasteiger partial charge in [-0.2, -0.15) is 0 Å². The van der Waals surface area contributed by atoms with Gasteiger partial charge < -0.3 is 15.4 Å². The van der Waals surface area contributed by atoms with Crippen LogP contribution in [0.25, 0.3) is 0 Å². The number of hydrogen-bond acceptors (Lipinski definition) is 4. The molecule has 1 fully saturated rings. The van der Waals surface area contributed by atoms with Crippen LogP contribution in [-0.4, -0.2) is 38.1 Å². The first kappa shape index (κ1) is 22.9. The van der Waals surface area contributed by atoms with E-state index >= 15 is 0 Å². The summed E-state index contributed by atoms with van der Waals surface area (Å²) in [4.78, 5) is 22.9. The second-order valence-electron chi connectivity index (χ2n) is 6.10. The normalized spacial score (nSPS) is 14.5. The van der Waals surface area contributed by atoms with Gasteiger partial charge in [0.15, 0.2) is 0 Å². The van der Waals surface area contributed by atoms with Crippen molar-refractivity contribution in [1.82, 2.24) is 10.6 Å². The molecule has 0 aromatic rings. The van der Waals surface area contributed by atoms with Crippen molar-refractivity contribution >= 4 is 11.9 Å². The Labute approximate surface area is 148 Å². The number of nitrogens with one attached hydrogen (secondary N) is 2. The van der Waals surface area contributed by atoms with E-state index in [1.807, 2.05) is 13.8 Å². The fraction of sp³-hybridized carbons (Fsp3) is 0.895. The zero-order valence-electron chi connectivity index (χ0n) is 16.0. The maximum atomic E-state index is 11.8. The highest BCUT2D eigenvalue weighted by Crippen LogP contribution is 2.25. The van der Waals surface area contributed by atoms with Gasteiger partial charge in [0.05, 0.1) is 13.2 Å². The van der Waals surface area contributed by atoms with Crippen LogP contribution in [0.4, 0.5) is 0 Å². The van der Waals surface area contributed by atoms with E-state index < -0.39 is 0 Å². The Bertz CT molecular complexity index is 316. The summed E-state index contributed by atoms with van der Waals surface area (Å²) < 4.78 is 4.83. The fourth-order valence-electron chi connectivity index (χ4n) is 2.91. The SMILES string of the molecule is CC.CCOC(=O)CNCCCCCNC(=O)CC1CCCCC1. The number of carbonyl (C=O) groups is 2. The number of unbranched alkanes of at least 4 members (excludes halogenated alkanes) is 2. The smallest absolute Gasteiger partial charge is 0.319 e. The average Bonchev–Trinajstić information content (AvgIpc) is 2.60. The molecular formula is C19H38N2O3. The molecule has 1 saturated carbocycles. The lowest BCUT2D eigenvalue weighted by molar-refractivity contribution is -0.142. The molecule has 0 atom stereocenters. The first-order valence-electron chi connectivity index (χ1n) is 9.85. The number of carbonyl (C=O) groups excluding carboxylic acids is 2. The van der Waals surface area contributed by atoms with Gasteiger partial charge in [0, 0.05) is 13.0 Å². The third-order valence-electron chi connectivity index (χ3n) is 4.13. The van der Waals surface area contributed by atoms with Gasteiger partial charge in [-0.05, 0) is 45.1 Å². The van der Waals surface area contributed by atoms with Gasteiger partial charge in [0.25, 0.3) is 0 Å². The molecule has 0 aromatic carbocycles. The van der Waals surface area contributed by atoms with Crippen LogP contribution >= 0.6 is 0 Å². The Balaban J connectivity index is 0.00000254. The molecule has 0 bridgehead atoms. The topological polar surface area (TPSA) is 67.4 Å². The third kappa shape index (κ3) is 13.3. The maximum absolute atomic E-state index is 11.8. The lowest BCUT2D eigenvalue weighted by atomic mass is 9.87. The Hall–Kier alpha value is -1.10. The largest absolute Gasteiger partial charge is 0.465 e. The summed E-state index contributed by atoms with van der Waals surface area (Å²) in [5.41, 5.74) is 0. The molecule has 1 rings (SSSR count). The lowest BCUT2D eigenvalue weighted by Crippen LogP contribution is -2.27. The number of hydrogen-bond donors (Lipinski definition) is 2. The Morgan fingerprint density at radius 3 is 2.33 bits per heavy atom. The minimum absolute atomic E-state index is 0.197. The van der Waals surface area contributed by atoms with E-state index in [1.165, 1.54) is 32.1 Å². The van der Waals surface area contributed by atoms with Crippen molar-refractivity contribution in [3.8, 4) is 0 Å². The Kier molecular flexibility index (Phi) is 16.0. The molecule has 24 heavy (non-hydrogen) atoms. The van der Waals surface area contributed by atoms with Crippen molar-refractivity contribution in [2.24, 2.45) is 5.92 Å². The van der Waals surface area contributed by atoms with Gasteiger partial charge in [-0.3, -0.25) is 9.59 Å². The van der Waals surface area contributed by atoms with Gasteiger partial charge in [-0.25, -0.2) is 0 Å². The molecule has 0 heterocycles. The molecule has 1 amide bonds. The predicted molar refractivity (Wildman–Crippen MR) is 98.9 cm³/mol. The molecule has 2 N–H and O–H groups in total. The van der Waals surface area contributed by atoms with Crippen LogP contribution in [0.1, 0.15) is 78.6 Å². The van der Waals surface area contributed by atoms with E-state index in [2.05, 4.69) is 10.6 Å². The quantitative estimate of drug-likeness (QED) is 0.446. The van der Waals surface area contributed by atoms with Crippen molar-refractivity contribution in [1.29, 1.82) is 0 Å². The van der Waals surface area contributed by atoms with Gasteiger partial charge >= 0.3 is 5.97 Å². The van der Waals surface area contributed by atoms with Crippen molar-refractivity contribution in [3.05, 3.63) is 0 Å². The van der Waals surface area contributed by atoms with Crippen molar-refractivity contribution in [3.63, 3.8) is 0 Å². The molecule has 0 aliphatic heterocycles. The second kappa shape index (κ2) is 16.7. The van der Waals surface area contributed by atoms with Crippen LogP contribution in [0, 0.1) is 5.92 Å². The zero-order valence-corrected chi connectivity index (χ0v) is 16.0. The molecule has 5 heteroatoms. The summed E-state index contributed by atoms with van der Waals surface area (Å²) in [6.07, 6.45) is 10.1. The predicted octanol–water partition coefficient (Wildman–Crippen LogP) is 3.42. The van der Waals surface area contributed by atoms with Crippen molar-refractivity contribution < 1.29 is 14.3 Å². The fourth-order valence-corrected chi connectivity index (χ4v) is 2.91. The summed E-state index contributed by atoms with van der Waals surface area (Å²) in [5.74, 6) is 0.630. The lowest BCUT2D eigenvalue weighted by Gasteiger charge is -2.20. The highest BCUT2D eigenvalue weighted by Gasteiger charge is 2.16. The first-order valence-corrected chi connectivity index (χ1v) is 9.85. The third-order valence-corrected chi connectivity index (χ3v) is 4.13. The molecule has 0 unspecified atom stereocenters. The molecule has 0 aromatic heterocycles. The minimum Gasteiger partial charge on any atom is -0.465 e. The monoisotopic (exact) mass is 342 g/mol. The number of amides is 1. The van der Waals surface area contributed by atoms with E-state index in [4.69, 9.17) is 4.74 Å². The summed E-state index contributed by atoms with van der Waals surface area (Å²) >= 11 is 0. The molecule has 1 aliphatic carbocycles. The highest BCUT2D eigenvalue weighted by molar-refractivity contribution is 5.76. The van der Waals surface area contributed by atoms with Crippen molar-refractivity contribution in [2.75, 3.05) is 26.2 Å². The van der Waals surface area contributed by atoms with E-state index in [0.29, 0.717) is 18.9 Å². The summed E-state index contributed by atoms with van der Waals surface area (Å²) in [6, 6.07) is 0. The first-order chi connectivity index (χ1) is 11.7. The van der Waals surface area contributed by atoms with Crippen LogP contribution in [-0.2, 0) is 14.3 Å². The van der Waals surface area contributed by atoms with E-state index in [1.54, 1.807) is 6.92 Å². The molecule has 142 valence electrons. The van der Waals surface area contributed by atoms with Crippen LogP contribution in [0.5, 0.6) is 0 Å². The van der Waals surface area contributed by atoms with E-state index in [9.17, 15) is 9.59 Å². The molecule has 0 spiro atoms. The summed E-state index contributed by atoms with van der Waals surface area (Å²) in [6.45, 7) is 8.10. The molecule has 1 aliphatic rings. The number of esters is 1. The van der Waals surface area contributed by atoms with Gasteiger partial charge in [0.1, 0.15) is 0 Å². The number of ether oxygens (including phenoxy) is 1. The average molecular weight is 343 g/mol. The molecule has 0 saturated heterocycles. The zero-order chi connectivity index (χ0) is 18.0. The van der Waals surface area contributed by atoms with Crippen LogP contribution in [0.2, 0.25) is 0 Å². The minimum atomic E-state index is -0.197. The maximum Gasteiger partial charge on any atom is 0.319 e. The second-order valence-corrected chi connectivity index (χ2v) is 6.10. The molecule has 5 nitrogen and oxygen atoms in total. The van der Waals surface area contributed by atoms with Crippen molar-refractivity contribution in [2.45, 2.75) is 78.6 Å². The highest BCUT2D eigenvalue weighted by atomic mass is 16.5. The standard InChI is InChI=1S/C17H32N2O3.C2H6/c1-2-22-17(21)14-18-11-7-4-8-12-19-16(20)13-15-9-5-3-6-10-15;1-2/h15,18H,2-14H2,1H3,(H,19,20);1-2H3. The van der Waals surface area contributed by atoms with Crippen LogP contribution < -0.4 is 10.6 Å². The summed E-state index contributed by atoms with van der Waals surface area (Å²) in [5, 5.41) is 6.08. The number of rotatable bonds is 11. The van der Waals surface area contributed by atoms with Crippen LogP contribution in [0.3, 0.4) is 0 Å². The van der Waals surface area contributed by atoms with E-state index in [-0.39, 0.29) is 18.4 Å². The van der Waals surface area contributed by atoms with Gasteiger partial charge in [0.2, 0.25) is 5.91 Å². The van der Waals surface area contributed by atoms with Crippen LogP contribution in [0.15, 0.2) is 0 Å². The molecule has 0 radical (unpaired) electrons. The summed E-state index contributed by atoms with van der Waals surface area (Å²) in [7, 11) is 0. The Morgan fingerprint density at radius 1 is 1.00 bits per heavy atom. The van der Waals surface area contributed by atoms with Gasteiger partial charge in [-0.15, -0.1) is 0 Å². The van der Waals surface area contributed by atoms with E-state index in [0.717, 1.165) is 32.4 Å². The Morgan fingerprint density at radius 2 is 1.67 bits per heavy atom. The van der Waals surface area contributed by atoms with Gasteiger partial charge in [-0.1, -0.05) is 39.5 Å².